The van der Waals surface area contributed by atoms with Crippen molar-refractivity contribution in [3.05, 3.63) is 59.7 Å². The van der Waals surface area contributed by atoms with E-state index in [2.05, 4.69) is 6.92 Å². The normalized spacial score (nSPS) is 10.8. The third-order valence-corrected chi connectivity index (χ3v) is 4.99. The van der Waals surface area contributed by atoms with E-state index >= 15 is 0 Å². The van der Waals surface area contributed by atoms with E-state index in [1.54, 1.807) is 36.4 Å². The highest BCUT2D eigenvalue weighted by Gasteiger charge is 2.14. The van der Waals surface area contributed by atoms with Gasteiger partial charge in [-0.05, 0) is 18.6 Å². The van der Waals surface area contributed by atoms with Gasteiger partial charge in [-0.15, -0.1) is 0 Å². The Morgan fingerprint density at radius 3 is 2.07 bits per heavy atom. The van der Waals surface area contributed by atoms with E-state index in [9.17, 15) is 9.90 Å². The number of hydrogen-bond acceptors (Lipinski definition) is 4. The van der Waals surface area contributed by atoms with Crippen molar-refractivity contribution in [2.45, 2.75) is 71.1 Å². The summed E-state index contributed by atoms with van der Waals surface area (Å²) in [5.74, 6) is 0.0546. The van der Waals surface area contributed by atoms with Crippen molar-refractivity contribution < 1.29 is 19.7 Å². The summed E-state index contributed by atoms with van der Waals surface area (Å²) < 4.78 is 0. The number of phenols is 1. The van der Waals surface area contributed by atoms with E-state index in [4.69, 9.17) is 9.78 Å². The third-order valence-electron chi connectivity index (χ3n) is 4.99. The fraction of sp³-hybridized carbons (Fsp3) is 0.480. The molecule has 2 aromatic carbocycles. The van der Waals surface area contributed by atoms with Crippen molar-refractivity contribution in [3.8, 4) is 11.5 Å². The Balaban J connectivity index is 1.59. The van der Waals surface area contributed by atoms with Gasteiger partial charge in [-0.2, -0.15) is 4.89 Å². The molecule has 0 amide bonds. The molecule has 0 radical (unpaired) electrons. The smallest absolute Gasteiger partial charge is 0.196 e. The number of rotatable bonds is 15. The first-order valence-corrected chi connectivity index (χ1v) is 10.9. The molecule has 29 heavy (non-hydrogen) atoms. The van der Waals surface area contributed by atoms with E-state index in [1.165, 1.54) is 57.4 Å². The first-order chi connectivity index (χ1) is 14.2. The monoisotopic (exact) mass is 398 g/mol. The maximum absolute atomic E-state index is 12.4. The van der Waals surface area contributed by atoms with Gasteiger partial charge in [0.1, 0.15) is 5.75 Å². The molecule has 0 saturated carbocycles. The molecule has 1 N–H and O–H groups in total. The zero-order valence-electron chi connectivity index (χ0n) is 17.6. The zero-order valence-corrected chi connectivity index (χ0v) is 17.6. The van der Waals surface area contributed by atoms with Gasteiger partial charge in [0.15, 0.2) is 11.5 Å². The van der Waals surface area contributed by atoms with E-state index in [1.807, 2.05) is 6.07 Å². The van der Waals surface area contributed by atoms with Crippen LogP contribution in [0.5, 0.6) is 11.5 Å². The maximum atomic E-state index is 12.4. The number of unbranched alkanes of at least 4 members (excludes halogenated alkanes) is 9. The number of ketones is 1. The molecule has 0 aliphatic carbocycles. The molecular weight excluding hydrogens is 364 g/mol. The van der Waals surface area contributed by atoms with Gasteiger partial charge in [0.2, 0.25) is 0 Å². The van der Waals surface area contributed by atoms with Crippen molar-refractivity contribution in [1.29, 1.82) is 0 Å². The van der Waals surface area contributed by atoms with Crippen molar-refractivity contribution in [2.75, 3.05) is 6.61 Å². The molecule has 2 aromatic rings. The number of aromatic hydroxyl groups is 1. The van der Waals surface area contributed by atoms with Crippen molar-refractivity contribution in [3.63, 3.8) is 0 Å². The lowest BCUT2D eigenvalue weighted by molar-refractivity contribution is -0.207. The molecule has 0 fully saturated rings. The molecule has 0 atom stereocenters. The quantitative estimate of drug-likeness (QED) is 0.154. The number of benzene rings is 2. The SMILES string of the molecule is CCCCCCCCCCCCOOc1ccc(C(=O)c2ccccc2)c(O)c1. The Hall–Kier alpha value is -2.33. The Labute approximate surface area is 174 Å². The number of hydrogen-bond donors (Lipinski definition) is 1. The lowest BCUT2D eigenvalue weighted by Gasteiger charge is -2.08. The molecule has 0 aliphatic heterocycles. The Morgan fingerprint density at radius 1 is 0.828 bits per heavy atom. The second-order valence-corrected chi connectivity index (χ2v) is 7.46. The highest BCUT2D eigenvalue weighted by atomic mass is 17.2. The van der Waals surface area contributed by atoms with Crippen LogP contribution in [0.25, 0.3) is 0 Å². The summed E-state index contributed by atoms with van der Waals surface area (Å²) in [6.45, 7) is 2.76. The Morgan fingerprint density at radius 2 is 1.45 bits per heavy atom. The van der Waals surface area contributed by atoms with Crippen LogP contribution in [0, 0.1) is 0 Å². The topological polar surface area (TPSA) is 55.8 Å². The zero-order chi connectivity index (χ0) is 20.7. The average Bonchev–Trinajstić information content (AvgIpc) is 2.75. The van der Waals surface area contributed by atoms with Gasteiger partial charge < -0.3 is 9.99 Å². The van der Waals surface area contributed by atoms with Crippen LogP contribution in [0.3, 0.4) is 0 Å². The van der Waals surface area contributed by atoms with Gasteiger partial charge in [-0.1, -0.05) is 95.0 Å². The molecule has 0 aromatic heterocycles. The summed E-state index contributed by atoms with van der Waals surface area (Å²) in [5.41, 5.74) is 0.784. The molecule has 158 valence electrons. The summed E-state index contributed by atoms with van der Waals surface area (Å²) in [6.07, 6.45) is 12.7. The largest absolute Gasteiger partial charge is 0.507 e. The van der Waals surface area contributed by atoms with E-state index in [-0.39, 0.29) is 17.1 Å². The summed E-state index contributed by atoms with van der Waals surface area (Å²) in [6, 6.07) is 13.5. The maximum Gasteiger partial charge on any atom is 0.196 e. The summed E-state index contributed by atoms with van der Waals surface area (Å²) in [7, 11) is 0. The van der Waals surface area contributed by atoms with Crippen LogP contribution < -0.4 is 4.89 Å². The summed E-state index contributed by atoms with van der Waals surface area (Å²) >= 11 is 0. The molecule has 4 heteroatoms. The molecule has 0 saturated heterocycles. The van der Waals surface area contributed by atoms with Crippen LogP contribution in [0.2, 0.25) is 0 Å². The second-order valence-electron chi connectivity index (χ2n) is 7.46. The third kappa shape index (κ3) is 8.70. The van der Waals surface area contributed by atoms with Gasteiger partial charge >= 0.3 is 0 Å². The van der Waals surface area contributed by atoms with Crippen molar-refractivity contribution in [1.82, 2.24) is 0 Å². The van der Waals surface area contributed by atoms with Crippen LogP contribution in [0.15, 0.2) is 48.5 Å². The molecule has 0 aliphatic rings. The van der Waals surface area contributed by atoms with Crippen LogP contribution in [0.4, 0.5) is 0 Å². The summed E-state index contributed by atoms with van der Waals surface area (Å²) in [4.78, 5) is 22.9. The number of phenolic OH excluding ortho intramolecular Hbond substituents is 1. The average molecular weight is 399 g/mol. The molecule has 0 heterocycles. The predicted octanol–water partition coefficient (Wildman–Crippen LogP) is 6.85. The molecule has 0 unspecified atom stereocenters. The highest BCUT2D eigenvalue weighted by molar-refractivity contribution is 6.10. The molecule has 4 nitrogen and oxygen atoms in total. The minimum atomic E-state index is -0.221. The fourth-order valence-corrected chi connectivity index (χ4v) is 3.26. The Kier molecular flexibility index (Phi) is 10.9. The van der Waals surface area contributed by atoms with Gasteiger partial charge in [0.25, 0.3) is 0 Å². The van der Waals surface area contributed by atoms with Crippen LogP contribution in [0.1, 0.15) is 87.1 Å². The first-order valence-electron chi connectivity index (χ1n) is 10.9. The van der Waals surface area contributed by atoms with Gasteiger partial charge in [0.05, 0.1) is 12.2 Å². The van der Waals surface area contributed by atoms with Crippen molar-refractivity contribution in [2.24, 2.45) is 0 Å². The molecule has 2 rings (SSSR count). The molecular formula is C25H34O4. The van der Waals surface area contributed by atoms with Gasteiger partial charge in [-0.25, -0.2) is 0 Å². The minimum absolute atomic E-state index is 0.112. The van der Waals surface area contributed by atoms with E-state index in [0.29, 0.717) is 17.9 Å². The van der Waals surface area contributed by atoms with Gasteiger partial charge in [-0.3, -0.25) is 4.79 Å². The van der Waals surface area contributed by atoms with Crippen LogP contribution in [-0.4, -0.2) is 17.5 Å². The Bertz CT molecular complexity index is 712. The van der Waals surface area contributed by atoms with Crippen LogP contribution in [-0.2, 0) is 4.89 Å². The molecule has 0 spiro atoms. The van der Waals surface area contributed by atoms with Crippen LogP contribution >= 0.6 is 0 Å². The highest BCUT2D eigenvalue weighted by Crippen LogP contribution is 2.26. The second kappa shape index (κ2) is 13.8. The standard InChI is InChI=1S/C25H34O4/c1-2-3-4-5-6-7-8-9-10-14-19-28-29-22-17-18-23(24(26)20-22)25(27)21-15-12-11-13-16-21/h11-13,15-18,20,26H,2-10,14,19H2,1H3. The lowest BCUT2D eigenvalue weighted by Crippen LogP contribution is -2.03. The number of carbonyl (C=O) groups is 1. The number of carbonyl (C=O) groups excluding carboxylic acids is 1. The van der Waals surface area contributed by atoms with E-state index < -0.39 is 0 Å². The fourth-order valence-electron chi connectivity index (χ4n) is 3.26. The molecule has 0 bridgehead atoms. The van der Waals surface area contributed by atoms with Crippen molar-refractivity contribution >= 4 is 5.78 Å². The minimum Gasteiger partial charge on any atom is -0.507 e. The lowest BCUT2D eigenvalue weighted by atomic mass is 10.0. The predicted molar refractivity (Wildman–Crippen MR) is 116 cm³/mol. The first kappa shape index (κ1) is 23.0. The van der Waals surface area contributed by atoms with E-state index in [0.717, 1.165) is 12.8 Å². The van der Waals surface area contributed by atoms with Gasteiger partial charge in [0, 0.05) is 11.6 Å². The summed E-state index contributed by atoms with van der Waals surface area (Å²) in [5, 5.41) is 10.2.